The molecule has 1 aliphatic heterocycles. The fraction of sp³-hybridized carbons (Fsp3) is 0.667. The van der Waals surface area contributed by atoms with Crippen molar-refractivity contribution in [2.24, 2.45) is 0 Å². The number of halogens is 2. The van der Waals surface area contributed by atoms with Crippen LogP contribution in [-0.2, 0) is 13.0 Å². The molecule has 0 N–H and O–H groups in total. The smallest absolute Gasteiger partial charge is 0.249 e. The summed E-state index contributed by atoms with van der Waals surface area (Å²) in [6.07, 6.45) is 0.788. The van der Waals surface area contributed by atoms with Crippen LogP contribution in [0.1, 0.15) is 56.2 Å². The van der Waals surface area contributed by atoms with E-state index in [9.17, 15) is 8.78 Å². The second-order valence-electron chi connectivity index (χ2n) is 6.46. The second kappa shape index (κ2) is 6.95. The van der Waals surface area contributed by atoms with Crippen LogP contribution in [0.25, 0.3) is 0 Å². The molecular formula is C18H27F2NO. The van der Waals surface area contributed by atoms with E-state index >= 15 is 0 Å². The first kappa shape index (κ1) is 17.2. The summed E-state index contributed by atoms with van der Waals surface area (Å²) in [5, 5.41) is 0. The van der Waals surface area contributed by atoms with Gasteiger partial charge in [-0.25, -0.2) is 8.78 Å². The van der Waals surface area contributed by atoms with Crippen molar-refractivity contribution < 1.29 is 13.5 Å². The lowest BCUT2D eigenvalue weighted by Gasteiger charge is -2.32. The average molecular weight is 311 g/mol. The summed E-state index contributed by atoms with van der Waals surface area (Å²) in [6.45, 7) is 7.97. The van der Waals surface area contributed by atoms with Crippen molar-refractivity contribution in [3.8, 4) is 5.75 Å². The summed E-state index contributed by atoms with van der Waals surface area (Å²) in [7, 11) is 1.70. The minimum Gasteiger partial charge on any atom is -0.496 e. The maximum absolute atomic E-state index is 13.4. The molecule has 0 amide bonds. The van der Waals surface area contributed by atoms with Crippen molar-refractivity contribution in [3.63, 3.8) is 0 Å². The third-order valence-electron chi connectivity index (χ3n) is 4.59. The van der Waals surface area contributed by atoms with Crippen LogP contribution in [0.15, 0.2) is 12.1 Å². The van der Waals surface area contributed by atoms with Crippen LogP contribution in [0.5, 0.6) is 5.75 Å². The Kier molecular flexibility index (Phi) is 5.43. The van der Waals surface area contributed by atoms with Gasteiger partial charge in [0, 0.05) is 38.0 Å². The highest BCUT2D eigenvalue weighted by molar-refractivity contribution is 5.48. The van der Waals surface area contributed by atoms with Crippen LogP contribution < -0.4 is 4.74 Å². The minimum atomic E-state index is -2.54. The largest absolute Gasteiger partial charge is 0.496 e. The molecular weight excluding hydrogens is 284 g/mol. The number of rotatable bonds is 6. The third-order valence-corrected chi connectivity index (χ3v) is 4.59. The molecule has 0 saturated heterocycles. The molecule has 1 aromatic carbocycles. The van der Waals surface area contributed by atoms with Gasteiger partial charge in [-0.15, -0.1) is 0 Å². The number of hydrogen-bond acceptors (Lipinski definition) is 2. The lowest BCUT2D eigenvalue weighted by atomic mass is 9.88. The van der Waals surface area contributed by atoms with E-state index < -0.39 is 5.92 Å². The molecule has 1 aliphatic rings. The van der Waals surface area contributed by atoms with Gasteiger partial charge >= 0.3 is 0 Å². The Morgan fingerprint density at radius 2 is 2.05 bits per heavy atom. The van der Waals surface area contributed by atoms with Crippen molar-refractivity contribution in [1.29, 1.82) is 0 Å². The molecule has 0 unspecified atom stereocenters. The van der Waals surface area contributed by atoms with Crippen LogP contribution in [0.3, 0.4) is 0 Å². The van der Waals surface area contributed by atoms with Crippen LogP contribution in [-0.4, -0.2) is 31.0 Å². The predicted octanol–water partition coefficient (Wildman–Crippen LogP) is 4.61. The van der Waals surface area contributed by atoms with Gasteiger partial charge in [0.2, 0.25) is 5.92 Å². The Balaban J connectivity index is 2.13. The van der Waals surface area contributed by atoms with Gasteiger partial charge in [-0.3, -0.25) is 4.90 Å². The molecule has 2 rings (SSSR count). The number of benzene rings is 1. The number of alkyl halides is 2. The molecule has 0 spiro atoms. The molecule has 22 heavy (non-hydrogen) atoms. The molecule has 124 valence electrons. The topological polar surface area (TPSA) is 12.5 Å². The number of ether oxygens (including phenoxy) is 1. The fourth-order valence-electron chi connectivity index (χ4n) is 3.22. The molecule has 2 nitrogen and oxygen atoms in total. The van der Waals surface area contributed by atoms with E-state index in [4.69, 9.17) is 4.74 Å². The van der Waals surface area contributed by atoms with E-state index in [2.05, 4.69) is 24.8 Å². The molecule has 0 radical (unpaired) electrons. The highest BCUT2D eigenvalue weighted by Crippen LogP contribution is 2.35. The van der Waals surface area contributed by atoms with E-state index in [1.54, 1.807) is 14.0 Å². The zero-order chi connectivity index (χ0) is 16.3. The zero-order valence-electron chi connectivity index (χ0n) is 14.1. The lowest BCUT2D eigenvalue weighted by molar-refractivity contribution is -0.0206. The second-order valence-corrected chi connectivity index (χ2v) is 6.46. The maximum atomic E-state index is 13.4. The van der Waals surface area contributed by atoms with Crippen molar-refractivity contribution in [2.75, 3.05) is 20.2 Å². The summed E-state index contributed by atoms with van der Waals surface area (Å²) < 4.78 is 32.4. The Hall–Kier alpha value is -1.16. The van der Waals surface area contributed by atoms with Crippen molar-refractivity contribution in [3.05, 3.63) is 28.8 Å². The van der Waals surface area contributed by atoms with E-state index in [0.29, 0.717) is 12.5 Å². The molecule has 0 saturated carbocycles. The van der Waals surface area contributed by atoms with Gasteiger partial charge in [0.15, 0.2) is 0 Å². The van der Waals surface area contributed by atoms with Gasteiger partial charge in [0.05, 0.1) is 7.11 Å². The molecule has 0 aliphatic carbocycles. The number of methoxy groups -OCH3 is 1. The highest BCUT2D eigenvalue weighted by atomic mass is 19.3. The summed E-state index contributed by atoms with van der Waals surface area (Å²) in [5.74, 6) is -1.19. The lowest BCUT2D eigenvalue weighted by Crippen LogP contribution is -2.34. The van der Waals surface area contributed by atoms with Gasteiger partial charge < -0.3 is 4.74 Å². The van der Waals surface area contributed by atoms with E-state index in [1.807, 2.05) is 6.07 Å². The summed E-state index contributed by atoms with van der Waals surface area (Å²) in [4.78, 5) is 2.14. The SMILES string of the molecule is CCC(F)(F)CCN1CCc2c(ccc(OC)c2C(C)C)C1. The summed E-state index contributed by atoms with van der Waals surface area (Å²) in [6, 6.07) is 4.10. The van der Waals surface area contributed by atoms with Gasteiger partial charge in [-0.05, 0) is 29.5 Å². The predicted molar refractivity (Wildman–Crippen MR) is 85.9 cm³/mol. The number of hydrogen-bond donors (Lipinski definition) is 0. The molecule has 4 heteroatoms. The Morgan fingerprint density at radius 1 is 1.32 bits per heavy atom. The molecule has 0 bridgehead atoms. The molecule has 0 aromatic heterocycles. The molecule has 0 atom stereocenters. The normalized spacial score (nSPS) is 16.0. The minimum absolute atomic E-state index is 0.0496. The third kappa shape index (κ3) is 3.78. The first-order valence-electron chi connectivity index (χ1n) is 8.16. The van der Waals surface area contributed by atoms with Gasteiger partial charge in [0.25, 0.3) is 0 Å². The van der Waals surface area contributed by atoms with Crippen LogP contribution >= 0.6 is 0 Å². The van der Waals surface area contributed by atoms with Gasteiger partial charge in [-0.2, -0.15) is 0 Å². The number of nitrogens with zero attached hydrogens (tertiary/aromatic N) is 1. The first-order valence-corrected chi connectivity index (χ1v) is 8.16. The van der Waals surface area contributed by atoms with Gasteiger partial charge in [0.1, 0.15) is 5.75 Å². The number of fused-ring (bicyclic) bond motifs is 1. The molecule has 1 heterocycles. The highest BCUT2D eigenvalue weighted by Gasteiger charge is 2.28. The maximum Gasteiger partial charge on any atom is 0.249 e. The Morgan fingerprint density at radius 3 is 2.64 bits per heavy atom. The van der Waals surface area contributed by atoms with Crippen LogP contribution in [0, 0.1) is 0 Å². The molecule has 1 aromatic rings. The summed E-state index contributed by atoms with van der Waals surface area (Å²) in [5.41, 5.74) is 3.89. The van der Waals surface area contributed by atoms with Crippen molar-refractivity contribution >= 4 is 0 Å². The van der Waals surface area contributed by atoms with Crippen LogP contribution in [0.2, 0.25) is 0 Å². The average Bonchev–Trinajstić information content (AvgIpc) is 2.51. The first-order chi connectivity index (χ1) is 10.4. The zero-order valence-corrected chi connectivity index (χ0v) is 14.1. The van der Waals surface area contributed by atoms with Gasteiger partial charge in [-0.1, -0.05) is 26.8 Å². The van der Waals surface area contributed by atoms with Crippen molar-refractivity contribution in [1.82, 2.24) is 4.90 Å². The van der Waals surface area contributed by atoms with Crippen molar-refractivity contribution in [2.45, 2.75) is 58.4 Å². The Labute approximate surface area is 132 Å². The fourth-order valence-corrected chi connectivity index (χ4v) is 3.22. The van der Waals surface area contributed by atoms with E-state index in [1.165, 1.54) is 16.7 Å². The standard InChI is InChI=1S/C18H27F2NO/c1-5-18(19,20)9-11-21-10-8-15-14(12-21)6-7-16(22-4)17(15)13(2)3/h6-7,13H,5,8-12H2,1-4H3. The van der Waals surface area contributed by atoms with E-state index in [0.717, 1.165) is 25.3 Å². The quantitative estimate of drug-likeness (QED) is 0.760. The van der Waals surface area contributed by atoms with Crippen LogP contribution in [0.4, 0.5) is 8.78 Å². The molecule has 0 fully saturated rings. The monoisotopic (exact) mass is 311 g/mol. The van der Waals surface area contributed by atoms with E-state index in [-0.39, 0.29) is 12.8 Å². The summed E-state index contributed by atoms with van der Waals surface area (Å²) >= 11 is 0. The Bertz CT molecular complexity index is 514.